The number of aliphatic hydroxyl groups is 2. The minimum atomic E-state index is -1.75. The van der Waals surface area contributed by atoms with E-state index >= 15 is 0 Å². The van der Waals surface area contributed by atoms with Gasteiger partial charge in [0, 0.05) is 19.3 Å². The van der Waals surface area contributed by atoms with E-state index in [1.807, 2.05) is 0 Å². The number of nitrogens with zero attached hydrogens (tertiary/aromatic N) is 1. The Kier molecular flexibility index (Phi) is 11.8. The molecule has 1 atom stereocenters. The number of hydrogen-bond acceptors (Lipinski definition) is 4. The van der Waals surface area contributed by atoms with Crippen LogP contribution in [-0.4, -0.2) is 69.4 Å². The van der Waals surface area contributed by atoms with Gasteiger partial charge >= 0.3 is 0 Å². The third-order valence-corrected chi connectivity index (χ3v) is 9.80. The number of unbranched alkanes of at least 4 members (excludes halogenated alkanes) is 1. The van der Waals surface area contributed by atoms with Crippen molar-refractivity contribution in [2.24, 2.45) is 0 Å². The van der Waals surface area contributed by atoms with Crippen LogP contribution in [-0.2, 0) is 9.22 Å². The summed E-state index contributed by atoms with van der Waals surface area (Å²) in [5.74, 6) is -0.207. The van der Waals surface area contributed by atoms with E-state index in [0.29, 0.717) is 6.54 Å². The van der Waals surface area contributed by atoms with Crippen LogP contribution in [0.25, 0.3) is 0 Å². The summed E-state index contributed by atoms with van der Waals surface area (Å²) in [6.07, 6.45) is 4.64. The van der Waals surface area contributed by atoms with Crippen molar-refractivity contribution in [3.8, 4) is 0 Å². The summed E-state index contributed by atoms with van der Waals surface area (Å²) >= 11 is 0. The second-order valence-corrected chi connectivity index (χ2v) is 17.7. The zero-order chi connectivity index (χ0) is 19.5. The molecule has 0 aliphatic heterocycles. The molecule has 0 aromatic rings. The summed E-state index contributed by atoms with van der Waals surface area (Å²) in [6.45, 7) is 15.3. The molecule has 0 rings (SSSR count). The summed E-state index contributed by atoms with van der Waals surface area (Å²) in [6, 6.07) is 2.29. The van der Waals surface area contributed by atoms with Crippen molar-refractivity contribution < 1.29 is 19.4 Å². The third-order valence-electron chi connectivity index (χ3n) is 4.40. The Hall–Kier alpha value is -0.476. The van der Waals surface area contributed by atoms with Crippen molar-refractivity contribution in [2.75, 3.05) is 25.9 Å². The summed E-state index contributed by atoms with van der Waals surface area (Å²) in [4.78, 5) is 13.4. The first-order valence-electron chi connectivity index (χ1n) is 9.41. The minimum absolute atomic E-state index is 0.140. The van der Waals surface area contributed by atoms with E-state index in [1.54, 1.807) is 4.90 Å². The molecule has 1 amide bonds. The van der Waals surface area contributed by atoms with E-state index < -0.39 is 22.5 Å². The van der Waals surface area contributed by atoms with Crippen LogP contribution in [0.3, 0.4) is 0 Å². The molecule has 0 saturated heterocycles. The topological polar surface area (TPSA) is 70.0 Å². The molecule has 2 N–H and O–H groups in total. The van der Waals surface area contributed by atoms with Crippen LogP contribution in [0.2, 0.25) is 38.3 Å². The largest absolute Gasteiger partial charge is 0.421 e. The van der Waals surface area contributed by atoms with Gasteiger partial charge in [-0.25, -0.2) is 0 Å². The maximum atomic E-state index is 11.9. The van der Waals surface area contributed by atoms with Crippen LogP contribution in [0, 0.1) is 0 Å². The van der Waals surface area contributed by atoms with Crippen LogP contribution < -0.4 is 0 Å². The Bertz CT molecular complexity index is 403. The quantitative estimate of drug-likeness (QED) is 0.354. The Morgan fingerprint density at radius 2 is 1.88 bits per heavy atom. The lowest BCUT2D eigenvalue weighted by Crippen LogP contribution is -2.42. The molecule has 25 heavy (non-hydrogen) atoms. The summed E-state index contributed by atoms with van der Waals surface area (Å²) in [7, 11) is -3.02. The Labute approximate surface area is 156 Å². The average molecular weight is 390 g/mol. The highest BCUT2D eigenvalue weighted by Crippen LogP contribution is 2.20. The lowest BCUT2D eigenvalue weighted by Gasteiger charge is -2.30. The standard InChI is InChI=1S/C18H39NO4Si2/c1-7-9-12-24(3,4)16-23-25(5,6)13-10-11-19(18(22)8-2)14-17(21)15-20/h8,17,20-21H,2,7,9-16H2,1,3-6H3. The molecule has 0 aliphatic carbocycles. The summed E-state index contributed by atoms with van der Waals surface area (Å²) in [5.41, 5.74) is 0. The molecule has 0 spiro atoms. The van der Waals surface area contributed by atoms with E-state index in [-0.39, 0.29) is 19.1 Å². The van der Waals surface area contributed by atoms with E-state index in [1.165, 1.54) is 25.0 Å². The number of carbonyl (C=O) groups is 1. The molecule has 0 aromatic heterocycles. The maximum absolute atomic E-state index is 11.9. The highest BCUT2D eigenvalue weighted by Gasteiger charge is 2.28. The van der Waals surface area contributed by atoms with Crippen molar-refractivity contribution >= 4 is 22.3 Å². The number of amides is 1. The van der Waals surface area contributed by atoms with Gasteiger partial charge in [-0.2, -0.15) is 0 Å². The van der Waals surface area contributed by atoms with Crippen molar-refractivity contribution in [2.45, 2.75) is 70.6 Å². The molecule has 0 heterocycles. The Morgan fingerprint density at radius 3 is 2.40 bits per heavy atom. The first-order chi connectivity index (χ1) is 11.6. The van der Waals surface area contributed by atoms with Crippen LogP contribution in [0.4, 0.5) is 0 Å². The zero-order valence-corrected chi connectivity index (χ0v) is 18.9. The number of aliphatic hydroxyl groups excluding tert-OH is 2. The fraction of sp³-hybridized carbons (Fsp3) is 0.833. The lowest BCUT2D eigenvalue weighted by molar-refractivity contribution is -0.127. The fourth-order valence-electron chi connectivity index (χ4n) is 2.62. The van der Waals surface area contributed by atoms with Gasteiger partial charge in [-0.3, -0.25) is 4.79 Å². The number of rotatable bonds is 14. The maximum Gasteiger partial charge on any atom is 0.246 e. The molecule has 148 valence electrons. The predicted molar refractivity (Wildman–Crippen MR) is 110 cm³/mol. The van der Waals surface area contributed by atoms with Gasteiger partial charge in [0.1, 0.15) is 0 Å². The van der Waals surface area contributed by atoms with Crippen molar-refractivity contribution in [1.29, 1.82) is 0 Å². The van der Waals surface area contributed by atoms with Gasteiger partial charge in [0.05, 0.1) is 20.8 Å². The molecule has 0 radical (unpaired) electrons. The first kappa shape index (κ1) is 24.5. The van der Waals surface area contributed by atoms with E-state index in [2.05, 4.69) is 39.7 Å². The second-order valence-electron chi connectivity index (χ2n) is 8.24. The smallest absolute Gasteiger partial charge is 0.246 e. The third kappa shape index (κ3) is 11.7. The van der Waals surface area contributed by atoms with E-state index in [0.717, 1.165) is 18.7 Å². The molecular formula is C18H39NO4Si2. The molecule has 7 heteroatoms. The average Bonchev–Trinajstić information content (AvgIpc) is 2.56. The Morgan fingerprint density at radius 1 is 1.24 bits per heavy atom. The monoisotopic (exact) mass is 389 g/mol. The highest BCUT2D eigenvalue weighted by atomic mass is 28.4. The normalized spacial score (nSPS) is 13.6. The van der Waals surface area contributed by atoms with Crippen LogP contribution in [0.5, 0.6) is 0 Å². The number of hydrogen-bond donors (Lipinski definition) is 2. The van der Waals surface area contributed by atoms with Gasteiger partial charge in [0.25, 0.3) is 0 Å². The summed E-state index contributed by atoms with van der Waals surface area (Å²) < 4.78 is 6.35. The van der Waals surface area contributed by atoms with Crippen LogP contribution >= 0.6 is 0 Å². The molecule has 0 aromatic carbocycles. The number of carbonyl (C=O) groups excluding carboxylic acids is 1. The molecule has 0 bridgehead atoms. The van der Waals surface area contributed by atoms with Gasteiger partial charge in [-0.05, 0) is 31.6 Å². The van der Waals surface area contributed by atoms with Gasteiger partial charge in [-0.15, -0.1) is 0 Å². The van der Waals surface area contributed by atoms with Crippen molar-refractivity contribution in [3.63, 3.8) is 0 Å². The molecule has 5 nitrogen and oxygen atoms in total. The highest BCUT2D eigenvalue weighted by molar-refractivity contribution is 6.79. The molecule has 0 aliphatic rings. The molecule has 0 fully saturated rings. The van der Waals surface area contributed by atoms with Crippen LogP contribution in [0.15, 0.2) is 12.7 Å². The summed E-state index contributed by atoms with van der Waals surface area (Å²) in [5, 5.41) is 18.6. The van der Waals surface area contributed by atoms with Crippen LogP contribution in [0.1, 0.15) is 26.2 Å². The van der Waals surface area contributed by atoms with E-state index in [9.17, 15) is 9.90 Å². The molecule has 1 unspecified atom stereocenters. The van der Waals surface area contributed by atoms with Gasteiger partial charge < -0.3 is 19.5 Å². The molecular weight excluding hydrogens is 350 g/mol. The predicted octanol–water partition coefficient (Wildman–Crippen LogP) is 3.01. The zero-order valence-electron chi connectivity index (χ0n) is 16.9. The van der Waals surface area contributed by atoms with Gasteiger partial charge in [0.2, 0.25) is 5.91 Å². The first-order valence-corrected chi connectivity index (χ1v) is 15.9. The SMILES string of the molecule is C=CC(=O)N(CCC[Si](C)(C)OC[Si](C)(C)CCCC)CC(O)CO. The van der Waals surface area contributed by atoms with Gasteiger partial charge in [0.15, 0.2) is 8.32 Å². The van der Waals surface area contributed by atoms with Crippen molar-refractivity contribution in [3.05, 3.63) is 12.7 Å². The van der Waals surface area contributed by atoms with E-state index in [4.69, 9.17) is 9.53 Å². The van der Waals surface area contributed by atoms with Gasteiger partial charge in [-0.1, -0.05) is 45.5 Å². The molecule has 0 saturated carbocycles. The Balaban J connectivity index is 4.40. The second kappa shape index (κ2) is 12.0. The fourth-order valence-corrected chi connectivity index (χ4v) is 8.35. The minimum Gasteiger partial charge on any atom is -0.421 e. The van der Waals surface area contributed by atoms with Crippen molar-refractivity contribution in [1.82, 2.24) is 4.90 Å². The lowest BCUT2D eigenvalue weighted by atomic mass is 10.3.